The minimum absolute atomic E-state index is 0.0517. The molecule has 1 atom stereocenters. The van der Waals surface area contributed by atoms with Gasteiger partial charge >= 0.3 is 0 Å². The Hall–Kier alpha value is -2.94. The number of para-hydroxylation sites is 1. The maximum Gasteiger partial charge on any atom is 0.271 e. The molecule has 0 aliphatic carbocycles. The fourth-order valence-corrected chi connectivity index (χ4v) is 3.96. The van der Waals surface area contributed by atoms with Gasteiger partial charge in [-0.1, -0.05) is 24.3 Å². The van der Waals surface area contributed by atoms with Crippen molar-refractivity contribution in [3.8, 4) is 0 Å². The van der Waals surface area contributed by atoms with E-state index in [0.717, 1.165) is 27.8 Å². The van der Waals surface area contributed by atoms with Crippen molar-refractivity contribution in [2.75, 3.05) is 15.9 Å². The van der Waals surface area contributed by atoms with Gasteiger partial charge in [0.15, 0.2) is 0 Å². The first kappa shape index (κ1) is 20.4. The molecule has 0 aliphatic rings. The van der Waals surface area contributed by atoms with Crippen molar-refractivity contribution in [1.29, 1.82) is 0 Å². The third-order valence-corrected chi connectivity index (χ3v) is 5.35. The average Bonchev–Trinajstić information content (AvgIpc) is 2.57. The largest absolute Gasteiger partial charge is 0.324 e. The van der Waals surface area contributed by atoms with Crippen LogP contribution < -0.4 is 9.62 Å². The number of non-ortho nitro benzene ring substituents is 1. The highest BCUT2D eigenvalue weighted by Crippen LogP contribution is 2.26. The van der Waals surface area contributed by atoms with Crippen LogP contribution in [0.2, 0.25) is 0 Å². The number of anilines is 2. The number of nitrogens with zero attached hydrogens (tertiary/aromatic N) is 2. The molecule has 144 valence electrons. The topological polar surface area (TPSA) is 110 Å². The Morgan fingerprint density at radius 1 is 1.15 bits per heavy atom. The molecule has 0 spiro atoms. The monoisotopic (exact) mass is 391 g/mol. The van der Waals surface area contributed by atoms with Gasteiger partial charge in [-0.25, -0.2) is 8.42 Å². The van der Waals surface area contributed by atoms with Crippen molar-refractivity contribution in [2.45, 2.75) is 26.8 Å². The summed E-state index contributed by atoms with van der Waals surface area (Å²) in [6, 6.07) is 9.59. The van der Waals surface area contributed by atoms with Gasteiger partial charge in [0, 0.05) is 17.8 Å². The summed E-state index contributed by atoms with van der Waals surface area (Å²) in [5, 5.41) is 13.8. The Labute approximate surface area is 158 Å². The molecule has 2 rings (SSSR count). The van der Waals surface area contributed by atoms with E-state index >= 15 is 0 Å². The van der Waals surface area contributed by atoms with Crippen molar-refractivity contribution in [3.05, 3.63) is 63.7 Å². The predicted octanol–water partition coefficient (Wildman–Crippen LogP) is 3.00. The molecule has 1 amide bonds. The highest BCUT2D eigenvalue weighted by molar-refractivity contribution is 7.92. The lowest BCUT2D eigenvalue weighted by Gasteiger charge is -2.28. The van der Waals surface area contributed by atoms with E-state index in [0.29, 0.717) is 5.69 Å². The smallest absolute Gasteiger partial charge is 0.271 e. The number of hydrogen-bond donors (Lipinski definition) is 1. The summed E-state index contributed by atoms with van der Waals surface area (Å²) in [4.78, 5) is 23.1. The lowest BCUT2D eigenvalue weighted by Crippen LogP contribution is -2.45. The number of aryl methyl sites for hydroxylation is 2. The molecule has 0 radical (unpaired) electrons. The molecule has 0 saturated carbocycles. The lowest BCUT2D eigenvalue weighted by atomic mass is 10.1. The van der Waals surface area contributed by atoms with Crippen LogP contribution in [-0.2, 0) is 14.8 Å². The number of sulfonamides is 1. The molecule has 0 aromatic heterocycles. The first-order valence-electron chi connectivity index (χ1n) is 8.13. The molecule has 0 heterocycles. The van der Waals surface area contributed by atoms with Gasteiger partial charge in [0.1, 0.15) is 6.04 Å². The molecule has 9 heteroatoms. The van der Waals surface area contributed by atoms with Crippen molar-refractivity contribution >= 4 is 33.0 Å². The maximum absolute atomic E-state index is 12.7. The molecule has 0 bridgehead atoms. The van der Waals surface area contributed by atoms with Gasteiger partial charge in [-0.05, 0) is 38.0 Å². The fourth-order valence-electron chi connectivity index (χ4n) is 2.79. The van der Waals surface area contributed by atoms with E-state index in [1.165, 1.54) is 25.1 Å². The molecule has 27 heavy (non-hydrogen) atoms. The summed E-state index contributed by atoms with van der Waals surface area (Å²) in [7, 11) is -3.87. The summed E-state index contributed by atoms with van der Waals surface area (Å²) < 4.78 is 25.5. The van der Waals surface area contributed by atoms with E-state index in [9.17, 15) is 23.3 Å². The van der Waals surface area contributed by atoms with Gasteiger partial charge in [-0.15, -0.1) is 0 Å². The molecule has 0 unspecified atom stereocenters. The Morgan fingerprint density at radius 2 is 1.70 bits per heavy atom. The lowest BCUT2D eigenvalue weighted by molar-refractivity contribution is -0.384. The second-order valence-corrected chi connectivity index (χ2v) is 8.13. The van der Waals surface area contributed by atoms with Crippen LogP contribution >= 0.6 is 0 Å². The van der Waals surface area contributed by atoms with Crippen LogP contribution in [0.3, 0.4) is 0 Å². The van der Waals surface area contributed by atoms with Crippen LogP contribution in [-0.4, -0.2) is 31.5 Å². The van der Waals surface area contributed by atoms with Crippen LogP contribution in [0.5, 0.6) is 0 Å². The Bertz CT molecular complexity index is 968. The molecule has 0 aliphatic heterocycles. The summed E-state index contributed by atoms with van der Waals surface area (Å²) >= 11 is 0. The predicted molar refractivity (Wildman–Crippen MR) is 104 cm³/mol. The van der Waals surface area contributed by atoms with Crippen molar-refractivity contribution in [2.24, 2.45) is 0 Å². The summed E-state index contributed by atoms with van der Waals surface area (Å²) in [5.41, 5.74) is 2.09. The molecule has 0 saturated heterocycles. The van der Waals surface area contributed by atoms with E-state index in [1.54, 1.807) is 0 Å². The van der Waals surface area contributed by atoms with Crippen molar-refractivity contribution < 1.29 is 18.1 Å². The third-order valence-electron chi connectivity index (χ3n) is 4.11. The number of hydrogen-bond acceptors (Lipinski definition) is 5. The SMILES string of the molecule is Cc1cccc(C)c1NC(=O)[C@@H](C)N(c1cccc([N+](=O)[O-])c1)S(C)(=O)=O. The summed E-state index contributed by atoms with van der Waals surface area (Å²) in [6.07, 6.45) is 0.953. The molecular formula is C18H21N3O5S. The van der Waals surface area contributed by atoms with Crippen LogP contribution in [0.1, 0.15) is 18.1 Å². The second-order valence-electron chi connectivity index (χ2n) is 6.27. The summed E-state index contributed by atoms with van der Waals surface area (Å²) in [6.45, 7) is 5.10. The highest BCUT2D eigenvalue weighted by atomic mass is 32.2. The van der Waals surface area contributed by atoms with Crippen LogP contribution in [0.25, 0.3) is 0 Å². The van der Waals surface area contributed by atoms with Gasteiger partial charge in [-0.3, -0.25) is 19.2 Å². The molecule has 2 aromatic rings. The molecule has 1 N–H and O–H groups in total. The van der Waals surface area contributed by atoms with E-state index in [-0.39, 0.29) is 11.4 Å². The van der Waals surface area contributed by atoms with Crippen molar-refractivity contribution in [3.63, 3.8) is 0 Å². The molecule has 8 nitrogen and oxygen atoms in total. The molecule has 0 fully saturated rings. The number of nitrogens with one attached hydrogen (secondary N) is 1. The molecule has 2 aromatic carbocycles. The number of carbonyl (C=O) groups excluding carboxylic acids is 1. The first-order chi connectivity index (χ1) is 12.5. The van der Waals surface area contributed by atoms with Gasteiger partial charge in [-0.2, -0.15) is 0 Å². The number of benzene rings is 2. The zero-order valence-electron chi connectivity index (χ0n) is 15.5. The fraction of sp³-hybridized carbons (Fsp3) is 0.278. The minimum Gasteiger partial charge on any atom is -0.324 e. The minimum atomic E-state index is -3.87. The zero-order chi connectivity index (χ0) is 20.4. The Morgan fingerprint density at radius 3 is 2.22 bits per heavy atom. The van der Waals surface area contributed by atoms with E-state index < -0.39 is 26.9 Å². The maximum atomic E-state index is 12.7. The zero-order valence-corrected chi connectivity index (χ0v) is 16.3. The Kier molecular flexibility index (Phi) is 5.85. The van der Waals surface area contributed by atoms with Crippen LogP contribution in [0.15, 0.2) is 42.5 Å². The quantitative estimate of drug-likeness (QED) is 0.601. The average molecular weight is 391 g/mol. The third kappa shape index (κ3) is 4.62. The van der Waals surface area contributed by atoms with E-state index in [1.807, 2.05) is 32.0 Å². The number of rotatable bonds is 6. The van der Waals surface area contributed by atoms with E-state index in [2.05, 4.69) is 5.32 Å². The summed E-state index contributed by atoms with van der Waals surface area (Å²) in [5.74, 6) is -0.538. The normalized spacial score (nSPS) is 12.3. The Balaban J connectivity index is 2.41. The number of amides is 1. The highest BCUT2D eigenvalue weighted by Gasteiger charge is 2.30. The van der Waals surface area contributed by atoms with Crippen LogP contribution in [0, 0.1) is 24.0 Å². The van der Waals surface area contributed by atoms with Crippen LogP contribution in [0.4, 0.5) is 17.1 Å². The number of carbonyl (C=O) groups is 1. The van der Waals surface area contributed by atoms with Gasteiger partial charge in [0.2, 0.25) is 15.9 Å². The number of nitro groups is 1. The van der Waals surface area contributed by atoms with Gasteiger partial charge in [0.25, 0.3) is 5.69 Å². The van der Waals surface area contributed by atoms with E-state index in [4.69, 9.17) is 0 Å². The first-order valence-corrected chi connectivity index (χ1v) is 9.98. The second kappa shape index (κ2) is 7.75. The van der Waals surface area contributed by atoms with Crippen molar-refractivity contribution in [1.82, 2.24) is 0 Å². The number of nitro benzene ring substituents is 1. The molecular weight excluding hydrogens is 370 g/mol. The standard InChI is InChI=1S/C18H21N3O5S/c1-12-7-5-8-13(2)17(12)19-18(22)14(3)20(27(4,25)26)15-9-6-10-16(11-15)21(23)24/h5-11,14H,1-4H3,(H,19,22)/t14-/m1/s1. The van der Waals surface area contributed by atoms with Gasteiger partial charge < -0.3 is 5.32 Å². The van der Waals surface area contributed by atoms with Gasteiger partial charge in [0.05, 0.1) is 16.9 Å².